The van der Waals surface area contributed by atoms with Crippen LogP contribution in [0.25, 0.3) is 0 Å². The van der Waals surface area contributed by atoms with E-state index in [9.17, 15) is 9.90 Å². The molecule has 0 saturated carbocycles. The van der Waals surface area contributed by atoms with Gasteiger partial charge in [-0.2, -0.15) is 0 Å². The number of nitrogens with zero attached hydrogens (tertiary/aromatic N) is 2. The molecule has 1 amide bonds. The number of hydrogen-bond acceptors (Lipinski definition) is 4. The Morgan fingerprint density at radius 2 is 1.78 bits per heavy atom. The molecule has 6 heteroatoms. The number of hydrogen-bond donors (Lipinski definition) is 1. The molecule has 0 spiro atoms. The number of piperidine rings is 1. The molecule has 2 aromatic rings. The summed E-state index contributed by atoms with van der Waals surface area (Å²) in [6.07, 6.45) is 0.635. The van der Waals surface area contributed by atoms with Crippen LogP contribution in [0.4, 0.5) is 10.5 Å². The molecule has 0 bridgehead atoms. The molecule has 2 aromatic carbocycles. The van der Waals surface area contributed by atoms with Gasteiger partial charge >= 0.3 is 6.09 Å². The van der Waals surface area contributed by atoms with Crippen molar-refractivity contribution in [3.8, 4) is 0 Å². The number of para-hydroxylation sites is 1. The van der Waals surface area contributed by atoms with Gasteiger partial charge in [-0.15, -0.1) is 0 Å². The summed E-state index contributed by atoms with van der Waals surface area (Å²) >= 11 is 5.92. The van der Waals surface area contributed by atoms with Crippen molar-refractivity contribution in [3.63, 3.8) is 0 Å². The second-order valence-electron chi connectivity index (χ2n) is 6.90. The normalized spacial score (nSPS) is 16.0. The topological polar surface area (TPSA) is 53.0 Å². The van der Waals surface area contributed by atoms with Crippen molar-refractivity contribution in [1.29, 1.82) is 0 Å². The molecule has 1 fully saturated rings. The van der Waals surface area contributed by atoms with Crippen LogP contribution in [0.3, 0.4) is 0 Å². The molecule has 0 unspecified atom stereocenters. The third-order valence-corrected chi connectivity index (χ3v) is 5.33. The van der Waals surface area contributed by atoms with E-state index >= 15 is 0 Å². The summed E-state index contributed by atoms with van der Waals surface area (Å²) in [5.74, 6) is 0. The molecule has 3 rings (SSSR count). The number of amides is 1. The second-order valence-corrected chi connectivity index (χ2v) is 7.33. The van der Waals surface area contributed by atoms with Gasteiger partial charge in [0, 0.05) is 30.8 Å². The largest absolute Gasteiger partial charge is 0.448 e. The van der Waals surface area contributed by atoms with E-state index in [1.54, 1.807) is 17.0 Å². The first-order chi connectivity index (χ1) is 13.0. The molecule has 0 aromatic heterocycles. The highest BCUT2D eigenvalue weighted by atomic mass is 35.5. The summed E-state index contributed by atoms with van der Waals surface area (Å²) in [7, 11) is 1.97. The monoisotopic (exact) mass is 388 g/mol. The minimum atomic E-state index is -0.922. The molecule has 5 nitrogen and oxygen atoms in total. The second kappa shape index (κ2) is 8.63. The van der Waals surface area contributed by atoms with Crippen molar-refractivity contribution in [2.75, 3.05) is 38.2 Å². The van der Waals surface area contributed by atoms with Crippen LogP contribution >= 0.6 is 11.6 Å². The Kier molecular flexibility index (Phi) is 6.24. The molecule has 1 N–H and O–H groups in total. The van der Waals surface area contributed by atoms with Crippen molar-refractivity contribution < 1.29 is 14.6 Å². The Balaban J connectivity index is 1.45. The average Bonchev–Trinajstić information content (AvgIpc) is 2.69. The molecule has 0 atom stereocenters. The van der Waals surface area contributed by atoms with Crippen molar-refractivity contribution in [2.45, 2.75) is 18.4 Å². The summed E-state index contributed by atoms with van der Waals surface area (Å²) in [5, 5.41) is 11.5. The average molecular weight is 389 g/mol. The smallest absolute Gasteiger partial charge is 0.409 e. The van der Waals surface area contributed by atoms with Crippen LogP contribution < -0.4 is 4.90 Å². The van der Waals surface area contributed by atoms with Crippen molar-refractivity contribution in [1.82, 2.24) is 4.90 Å². The third kappa shape index (κ3) is 4.93. The van der Waals surface area contributed by atoms with E-state index in [1.807, 2.05) is 54.4 Å². The maximum atomic E-state index is 12.3. The Labute approximate surface area is 165 Å². The molecule has 1 saturated heterocycles. The van der Waals surface area contributed by atoms with E-state index in [0.717, 1.165) is 11.3 Å². The molecule has 144 valence electrons. The van der Waals surface area contributed by atoms with Crippen LogP contribution in [-0.4, -0.2) is 49.4 Å². The first kappa shape index (κ1) is 19.5. The number of benzene rings is 2. The fourth-order valence-corrected chi connectivity index (χ4v) is 3.41. The minimum Gasteiger partial charge on any atom is -0.448 e. The van der Waals surface area contributed by atoms with Gasteiger partial charge in [-0.1, -0.05) is 41.9 Å². The highest BCUT2D eigenvalue weighted by molar-refractivity contribution is 6.30. The quantitative estimate of drug-likeness (QED) is 0.844. The number of halogens is 1. The zero-order valence-corrected chi connectivity index (χ0v) is 16.2. The van der Waals surface area contributed by atoms with Crippen molar-refractivity contribution >= 4 is 23.4 Å². The summed E-state index contributed by atoms with van der Waals surface area (Å²) in [4.78, 5) is 16.0. The van der Waals surface area contributed by atoms with E-state index in [1.165, 1.54) is 0 Å². The van der Waals surface area contributed by atoms with Gasteiger partial charge in [-0.05, 0) is 42.7 Å². The lowest BCUT2D eigenvalue weighted by Crippen LogP contribution is -2.45. The lowest BCUT2D eigenvalue weighted by Gasteiger charge is -2.38. The predicted molar refractivity (Wildman–Crippen MR) is 107 cm³/mol. The molecule has 0 radical (unpaired) electrons. The molecular formula is C21H25ClN2O3. The lowest BCUT2D eigenvalue weighted by molar-refractivity contribution is -0.0245. The van der Waals surface area contributed by atoms with Gasteiger partial charge in [-0.3, -0.25) is 0 Å². The van der Waals surface area contributed by atoms with Crippen LogP contribution in [0.5, 0.6) is 0 Å². The highest BCUT2D eigenvalue weighted by Gasteiger charge is 2.35. The minimum absolute atomic E-state index is 0.322. The van der Waals surface area contributed by atoms with Crippen molar-refractivity contribution in [3.05, 3.63) is 65.2 Å². The number of ether oxygens (including phenoxy) is 1. The molecule has 0 aliphatic carbocycles. The molecule has 1 heterocycles. The SMILES string of the molecule is CN(CCOC(=O)N1CCC(O)(c2ccc(Cl)cc2)CC1)c1ccccc1. The van der Waals surface area contributed by atoms with Crippen LogP contribution in [0, 0.1) is 0 Å². The Morgan fingerprint density at radius 3 is 2.41 bits per heavy atom. The maximum absolute atomic E-state index is 12.3. The van der Waals surface area contributed by atoms with Gasteiger partial charge in [0.15, 0.2) is 0 Å². The predicted octanol–water partition coefficient (Wildman–Crippen LogP) is 3.90. The number of likely N-dealkylation sites (N-methyl/N-ethyl adjacent to an activating group) is 1. The van der Waals surface area contributed by atoms with Gasteiger partial charge in [0.1, 0.15) is 6.61 Å². The molecule has 27 heavy (non-hydrogen) atoms. The maximum Gasteiger partial charge on any atom is 0.409 e. The van der Waals surface area contributed by atoms with Gasteiger partial charge in [0.2, 0.25) is 0 Å². The molecule has 1 aliphatic rings. The van der Waals surface area contributed by atoms with Crippen LogP contribution in [0.2, 0.25) is 5.02 Å². The van der Waals surface area contributed by atoms with Gasteiger partial charge < -0.3 is 19.6 Å². The zero-order chi connectivity index (χ0) is 19.3. The van der Waals surface area contributed by atoms with E-state index in [-0.39, 0.29) is 6.09 Å². The zero-order valence-electron chi connectivity index (χ0n) is 15.5. The molecule has 1 aliphatic heterocycles. The number of carbonyl (C=O) groups is 1. The number of carbonyl (C=O) groups excluding carboxylic acids is 1. The van der Waals surface area contributed by atoms with E-state index in [0.29, 0.717) is 44.1 Å². The summed E-state index contributed by atoms with van der Waals surface area (Å²) < 4.78 is 5.41. The third-order valence-electron chi connectivity index (χ3n) is 5.08. The number of aliphatic hydroxyl groups is 1. The lowest BCUT2D eigenvalue weighted by atomic mass is 9.84. The highest BCUT2D eigenvalue weighted by Crippen LogP contribution is 2.33. The van der Waals surface area contributed by atoms with Crippen molar-refractivity contribution in [2.24, 2.45) is 0 Å². The Morgan fingerprint density at radius 1 is 1.15 bits per heavy atom. The molecular weight excluding hydrogens is 364 g/mol. The van der Waals surface area contributed by atoms with E-state index in [2.05, 4.69) is 0 Å². The summed E-state index contributed by atoms with van der Waals surface area (Å²) in [6.45, 7) is 1.87. The first-order valence-electron chi connectivity index (χ1n) is 9.14. The number of anilines is 1. The fraction of sp³-hybridized carbons (Fsp3) is 0.381. The van der Waals surface area contributed by atoms with E-state index < -0.39 is 5.60 Å². The first-order valence-corrected chi connectivity index (χ1v) is 9.52. The fourth-order valence-electron chi connectivity index (χ4n) is 3.28. The van der Waals surface area contributed by atoms with Crippen LogP contribution in [-0.2, 0) is 10.3 Å². The Hall–Kier alpha value is -2.24. The summed E-state index contributed by atoms with van der Waals surface area (Å²) in [5.41, 5.74) is 0.999. The number of likely N-dealkylation sites (tertiary alicyclic amines) is 1. The Bertz CT molecular complexity index is 744. The van der Waals surface area contributed by atoms with Gasteiger partial charge in [0.05, 0.1) is 12.1 Å². The standard InChI is InChI=1S/C21H25ClN2O3/c1-23(19-5-3-2-4-6-19)15-16-27-20(25)24-13-11-21(26,12-14-24)17-7-9-18(22)10-8-17/h2-10,26H,11-16H2,1H3. The number of rotatable bonds is 5. The summed E-state index contributed by atoms with van der Waals surface area (Å²) in [6, 6.07) is 17.2. The van der Waals surface area contributed by atoms with Gasteiger partial charge in [0.25, 0.3) is 0 Å². The van der Waals surface area contributed by atoms with Crippen LogP contribution in [0.1, 0.15) is 18.4 Å². The van der Waals surface area contributed by atoms with Gasteiger partial charge in [-0.25, -0.2) is 4.79 Å². The van der Waals surface area contributed by atoms with E-state index in [4.69, 9.17) is 16.3 Å². The van der Waals surface area contributed by atoms with Crippen LogP contribution in [0.15, 0.2) is 54.6 Å².